The maximum Gasteiger partial charge on any atom is 0.219 e. The number of likely N-dealkylation sites (tertiary alicyclic amines) is 1. The predicted octanol–water partition coefficient (Wildman–Crippen LogP) is 3.68. The van der Waals surface area contributed by atoms with Crippen LogP contribution in [0.5, 0.6) is 0 Å². The number of pyridine rings is 1. The highest BCUT2D eigenvalue weighted by molar-refractivity contribution is 5.97. The lowest BCUT2D eigenvalue weighted by Gasteiger charge is -2.31. The van der Waals surface area contributed by atoms with Gasteiger partial charge in [-0.25, -0.2) is 4.98 Å². The van der Waals surface area contributed by atoms with Gasteiger partial charge in [0.1, 0.15) is 11.3 Å². The zero-order valence-electron chi connectivity index (χ0n) is 20.0. The lowest BCUT2D eigenvalue weighted by molar-refractivity contribution is -0.130. The zero-order valence-corrected chi connectivity index (χ0v) is 20.0. The molecular weight excluding hydrogens is 430 g/mol. The number of rotatable bonds is 5. The molecule has 0 spiro atoms. The van der Waals surface area contributed by atoms with E-state index >= 15 is 0 Å². The Morgan fingerprint density at radius 2 is 1.91 bits per heavy atom. The van der Waals surface area contributed by atoms with Crippen molar-refractivity contribution >= 4 is 22.7 Å². The zero-order chi connectivity index (χ0) is 24.0. The van der Waals surface area contributed by atoms with Crippen LogP contribution < -0.4 is 0 Å². The number of nitrogens with zero attached hydrogens (tertiary/aromatic N) is 5. The van der Waals surface area contributed by atoms with Gasteiger partial charge in [0.2, 0.25) is 5.91 Å². The monoisotopic (exact) mass is 459 g/mol. The van der Waals surface area contributed by atoms with Crippen molar-refractivity contribution in [1.82, 2.24) is 34.8 Å². The summed E-state index contributed by atoms with van der Waals surface area (Å²) in [5, 5.41) is 12.8. The Morgan fingerprint density at radius 3 is 2.59 bits per heavy atom. The maximum absolute atomic E-state index is 12.7. The Morgan fingerprint density at radius 1 is 1.15 bits per heavy atom. The van der Waals surface area contributed by atoms with Crippen molar-refractivity contribution in [2.75, 3.05) is 13.1 Å². The van der Waals surface area contributed by atoms with E-state index in [2.05, 4.69) is 32.4 Å². The van der Waals surface area contributed by atoms with E-state index in [0.29, 0.717) is 5.69 Å². The summed E-state index contributed by atoms with van der Waals surface area (Å²) in [6, 6.07) is 4.36. The number of carbonyl (C=O) groups excluding carboxylic acids is 2. The fourth-order valence-electron chi connectivity index (χ4n) is 4.71. The molecule has 5 rings (SSSR count). The predicted molar refractivity (Wildman–Crippen MR) is 129 cm³/mol. The molecule has 4 aromatic heterocycles. The quantitative estimate of drug-likeness (QED) is 0.442. The van der Waals surface area contributed by atoms with E-state index in [1.165, 1.54) is 0 Å². The van der Waals surface area contributed by atoms with E-state index < -0.39 is 0 Å². The molecule has 9 heteroatoms. The first-order valence-corrected chi connectivity index (χ1v) is 11.6. The molecule has 1 aliphatic heterocycles. The van der Waals surface area contributed by atoms with Gasteiger partial charge in [-0.05, 0) is 51.3 Å². The maximum atomic E-state index is 12.7. The molecule has 0 saturated carbocycles. The summed E-state index contributed by atoms with van der Waals surface area (Å²) >= 11 is 0. The molecule has 176 valence electrons. The Hall–Kier alpha value is -3.75. The third-order valence-electron chi connectivity index (χ3n) is 6.90. The number of carbonyl (C=O) groups is 2. The molecule has 1 aliphatic rings. The summed E-state index contributed by atoms with van der Waals surface area (Å²) in [4.78, 5) is 34.2. The Labute approximate surface area is 197 Å². The first kappa shape index (κ1) is 22.1. The standard InChI is InChI=1S/C25H29N7O2/c1-14-15(2)28-29-24(14)23(34)10-18-9-19-11-22(27-25(19)26-12-18)21-13-32(30-16(21)3)20-5-7-31(8-6-20)17(4)33/h9,11-13,20H,5-8,10H2,1-4H3,(H,26,27)(H,28,29). The normalized spacial score (nSPS) is 14.8. The highest BCUT2D eigenvalue weighted by atomic mass is 16.2. The van der Waals surface area contributed by atoms with Crippen LogP contribution in [-0.2, 0) is 11.2 Å². The number of piperidine rings is 1. The largest absolute Gasteiger partial charge is 0.343 e. The average molecular weight is 460 g/mol. The van der Waals surface area contributed by atoms with Crippen LogP contribution >= 0.6 is 0 Å². The minimum atomic E-state index is -0.0216. The number of aryl methyl sites for hydroxylation is 2. The van der Waals surface area contributed by atoms with Crippen LogP contribution in [0.1, 0.15) is 58.8 Å². The minimum Gasteiger partial charge on any atom is -0.343 e. The number of aromatic amines is 2. The van der Waals surface area contributed by atoms with Gasteiger partial charge in [-0.1, -0.05) is 0 Å². The van der Waals surface area contributed by atoms with Crippen molar-refractivity contribution in [1.29, 1.82) is 0 Å². The van der Waals surface area contributed by atoms with Crippen molar-refractivity contribution < 1.29 is 9.59 Å². The number of nitrogens with one attached hydrogen (secondary N) is 2. The molecule has 2 N–H and O–H groups in total. The summed E-state index contributed by atoms with van der Waals surface area (Å²) in [5.74, 6) is 0.115. The number of H-pyrrole nitrogens is 2. The molecule has 0 aromatic carbocycles. The van der Waals surface area contributed by atoms with Gasteiger partial charge in [0.25, 0.3) is 0 Å². The fraction of sp³-hybridized carbons (Fsp3) is 0.400. The van der Waals surface area contributed by atoms with E-state index in [4.69, 9.17) is 5.10 Å². The molecule has 5 heterocycles. The first-order chi connectivity index (χ1) is 16.3. The number of Topliss-reactive ketones (excluding diaryl/α,β-unsaturated/α-hetero) is 1. The van der Waals surface area contributed by atoms with Crippen LogP contribution in [0.2, 0.25) is 0 Å². The van der Waals surface area contributed by atoms with Gasteiger partial charge in [-0.15, -0.1) is 0 Å². The van der Waals surface area contributed by atoms with Crippen molar-refractivity contribution in [3.8, 4) is 11.3 Å². The summed E-state index contributed by atoms with van der Waals surface area (Å²) < 4.78 is 2.04. The van der Waals surface area contributed by atoms with E-state index in [-0.39, 0.29) is 24.2 Å². The Kier molecular flexibility index (Phi) is 5.55. The summed E-state index contributed by atoms with van der Waals surface area (Å²) in [7, 11) is 0. The van der Waals surface area contributed by atoms with Crippen LogP contribution in [0.25, 0.3) is 22.3 Å². The molecule has 4 aromatic rings. The second kappa shape index (κ2) is 8.55. The second-order valence-corrected chi connectivity index (χ2v) is 9.23. The first-order valence-electron chi connectivity index (χ1n) is 11.6. The van der Waals surface area contributed by atoms with Gasteiger partial charge in [-0.3, -0.25) is 19.4 Å². The molecule has 0 unspecified atom stereocenters. The lowest BCUT2D eigenvalue weighted by atomic mass is 10.0. The fourth-order valence-corrected chi connectivity index (χ4v) is 4.71. The van der Waals surface area contributed by atoms with E-state index in [0.717, 1.165) is 70.7 Å². The smallest absolute Gasteiger partial charge is 0.219 e. The van der Waals surface area contributed by atoms with E-state index in [1.807, 2.05) is 36.4 Å². The number of hydrogen-bond donors (Lipinski definition) is 2. The van der Waals surface area contributed by atoms with Crippen molar-refractivity contribution in [3.63, 3.8) is 0 Å². The second-order valence-electron chi connectivity index (χ2n) is 9.23. The van der Waals surface area contributed by atoms with Crippen molar-refractivity contribution in [3.05, 3.63) is 52.7 Å². The molecule has 0 bridgehead atoms. The number of aromatic nitrogens is 6. The van der Waals surface area contributed by atoms with Gasteiger partial charge < -0.3 is 9.88 Å². The van der Waals surface area contributed by atoms with E-state index in [1.54, 1.807) is 13.1 Å². The number of hydrogen-bond acceptors (Lipinski definition) is 5. The molecule has 0 radical (unpaired) electrons. The average Bonchev–Trinajstić information content (AvgIpc) is 3.50. The highest BCUT2D eigenvalue weighted by Crippen LogP contribution is 2.29. The van der Waals surface area contributed by atoms with Gasteiger partial charge >= 0.3 is 0 Å². The Bertz CT molecular complexity index is 1390. The molecular formula is C25H29N7O2. The van der Waals surface area contributed by atoms with Crippen molar-refractivity contribution in [2.45, 2.75) is 53.0 Å². The Balaban J connectivity index is 1.35. The molecule has 0 atom stereocenters. The van der Waals surface area contributed by atoms with Crippen LogP contribution in [0, 0.1) is 20.8 Å². The van der Waals surface area contributed by atoms with Crippen molar-refractivity contribution in [2.24, 2.45) is 0 Å². The molecule has 34 heavy (non-hydrogen) atoms. The van der Waals surface area contributed by atoms with Crippen LogP contribution in [0.4, 0.5) is 0 Å². The molecule has 1 saturated heterocycles. The number of ketones is 1. The van der Waals surface area contributed by atoms with Crippen LogP contribution in [0.15, 0.2) is 24.5 Å². The van der Waals surface area contributed by atoms with Gasteiger partial charge in [0, 0.05) is 61.0 Å². The number of fused-ring (bicyclic) bond motifs is 1. The minimum absolute atomic E-state index is 0.0216. The van der Waals surface area contributed by atoms with Gasteiger partial charge in [-0.2, -0.15) is 10.2 Å². The molecule has 0 aliphatic carbocycles. The third kappa shape index (κ3) is 4.02. The van der Waals surface area contributed by atoms with Crippen LogP contribution in [-0.4, -0.2) is 59.6 Å². The van der Waals surface area contributed by atoms with Gasteiger partial charge in [0.05, 0.1) is 17.4 Å². The van der Waals surface area contributed by atoms with E-state index in [9.17, 15) is 9.59 Å². The van der Waals surface area contributed by atoms with Gasteiger partial charge in [0.15, 0.2) is 5.78 Å². The molecule has 1 fully saturated rings. The summed E-state index contributed by atoms with van der Waals surface area (Å²) in [5.41, 5.74) is 6.86. The third-order valence-corrected chi connectivity index (χ3v) is 6.90. The topological polar surface area (TPSA) is 113 Å². The molecule has 1 amide bonds. The lowest BCUT2D eigenvalue weighted by Crippen LogP contribution is -2.37. The summed E-state index contributed by atoms with van der Waals surface area (Å²) in [6.45, 7) is 8.98. The molecule has 9 nitrogen and oxygen atoms in total. The summed E-state index contributed by atoms with van der Waals surface area (Å²) in [6.07, 6.45) is 5.89. The van der Waals surface area contributed by atoms with Crippen LogP contribution in [0.3, 0.4) is 0 Å². The number of amides is 1. The SMILES string of the molecule is CC(=O)N1CCC(n2cc(-c3cc4cc(CC(=O)c5n[nH]c(C)c5C)cnc4[nH]3)c(C)n2)CC1. The highest BCUT2D eigenvalue weighted by Gasteiger charge is 2.24.